The summed E-state index contributed by atoms with van der Waals surface area (Å²) in [5.74, 6) is 1.78. The molecule has 3 aromatic rings. The van der Waals surface area contributed by atoms with E-state index in [1.54, 1.807) is 4.90 Å². The molecule has 1 aromatic heterocycles. The maximum absolute atomic E-state index is 12.7. The zero-order valence-electron chi connectivity index (χ0n) is 16.8. The quantitative estimate of drug-likeness (QED) is 0.415. The van der Waals surface area contributed by atoms with E-state index in [-0.39, 0.29) is 19.1 Å². The fraction of sp³-hybridized carbons (Fsp3) is 0.318. The van der Waals surface area contributed by atoms with Crippen molar-refractivity contribution in [2.24, 2.45) is 5.92 Å². The second-order valence-electron chi connectivity index (χ2n) is 7.29. The first kappa shape index (κ1) is 21.3. The molecule has 0 N–H and O–H groups in total. The molecule has 1 amide bonds. The Balaban J connectivity index is 1.66. The monoisotopic (exact) mass is 505 g/mol. The fourth-order valence-corrected chi connectivity index (χ4v) is 3.12. The molecule has 152 valence electrons. The molecule has 29 heavy (non-hydrogen) atoms. The first-order chi connectivity index (χ1) is 13.9. The molecule has 0 saturated heterocycles. The van der Waals surface area contributed by atoms with Crippen molar-refractivity contribution in [3.63, 3.8) is 0 Å². The average Bonchev–Trinajstić information content (AvgIpc) is 3.15. The highest BCUT2D eigenvalue weighted by Crippen LogP contribution is 2.18. The highest BCUT2D eigenvalue weighted by molar-refractivity contribution is 14.1. The summed E-state index contributed by atoms with van der Waals surface area (Å²) >= 11 is 2.23. The van der Waals surface area contributed by atoms with Crippen LogP contribution in [0.5, 0.6) is 5.75 Å². The lowest BCUT2D eigenvalue weighted by atomic mass is 10.1. The van der Waals surface area contributed by atoms with Gasteiger partial charge in [-0.15, -0.1) is 0 Å². The van der Waals surface area contributed by atoms with E-state index >= 15 is 0 Å². The van der Waals surface area contributed by atoms with Crippen LogP contribution in [0, 0.1) is 16.4 Å². The van der Waals surface area contributed by atoms with Crippen molar-refractivity contribution >= 4 is 28.5 Å². The van der Waals surface area contributed by atoms with E-state index in [0.717, 1.165) is 9.13 Å². The second-order valence-corrected chi connectivity index (χ2v) is 8.53. The third-order valence-corrected chi connectivity index (χ3v) is 4.94. The van der Waals surface area contributed by atoms with E-state index in [0.29, 0.717) is 29.9 Å². The molecule has 3 rings (SSSR count). The molecule has 0 radical (unpaired) electrons. The van der Waals surface area contributed by atoms with E-state index in [1.165, 1.54) is 5.56 Å². The summed E-state index contributed by atoms with van der Waals surface area (Å²) in [6.45, 7) is 6.95. The number of ether oxygens (including phenoxy) is 1. The zero-order chi connectivity index (χ0) is 20.8. The summed E-state index contributed by atoms with van der Waals surface area (Å²) in [6, 6.07) is 15.5. The van der Waals surface area contributed by atoms with Gasteiger partial charge in [-0.25, -0.2) is 0 Å². The Hall–Kier alpha value is -2.42. The molecule has 0 atom stereocenters. The predicted molar refractivity (Wildman–Crippen MR) is 119 cm³/mol. The predicted octanol–water partition coefficient (Wildman–Crippen LogP) is 4.71. The van der Waals surface area contributed by atoms with Crippen LogP contribution in [-0.2, 0) is 11.3 Å². The number of hydrogen-bond donors (Lipinski definition) is 0. The van der Waals surface area contributed by atoms with Crippen molar-refractivity contribution in [1.82, 2.24) is 15.0 Å². The number of hydrogen-bond acceptors (Lipinski definition) is 5. The van der Waals surface area contributed by atoms with Crippen molar-refractivity contribution in [2.75, 3.05) is 13.2 Å². The largest absolute Gasteiger partial charge is 0.484 e. The van der Waals surface area contributed by atoms with Crippen molar-refractivity contribution < 1.29 is 14.1 Å². The number of rotatable bonds is 8. The Kier molecular flexibility index (Phi) is 7.24. The van der Waals surface area contributed by atoms with Crippen molar-refractivity contribution in [1.29, 1.82) is 0 Å². The van der Waals surface area contributed by atoms with Crippen molar-refractivity contribution in [3.8, 4) is 17.1 Å². The van der Waals surface area contributed by atoms with Crippen LogP contribution in [0.25, 0.3) is 11.4 Å². The highest BCUT2D eigenvalue weighted by Gasteiger charge is 2.20. The van der Waals surface area contributed by atoms with Crippen LogP contribution >= 0.6 is 22.6 Å². The minimum Gasteiger partial charge on any atom is -0.484 e. The van der Waals surface area contributed by atoms with Gasteiger partial charge in [-0.05, 0) is 59.7 Å². The molecule has 6 nitrogen and oxygen atoms in total. The molecule has 0 fully saturated rings. The van der Waals surface area contributed by atoms with Crippen LogP contribution in [0.4, 0.5) is 0 Å². The molecule has 0 aliphatic carbocycles. The molecule has 0 aliphatic rings. The van der Waals surface area contributed by atoms with E-state index < -0.39 is 0 Å². The Morgan fingerprint density at radius 3 is 2.48 bits per heavy atom. The van der Waals surface area contributed by atoms with E-state index in [9.17, 15) is 4.79 Å². The lowest BCUT2D eigenvalue weighted by Gasteiger charge is -2.23. The van der Waals surface area contributed by atoms with Crippen LogP contribution in [0.1, 0.15) is 25.3 Å². The molecule has 0 spiro atoms. The van der Waals surface area contributed by atoms with Gasteiger partial charge >= 0.3 is 0 Å². The van der Waals surface area contributed by atoms with Gasteiger partial charge in [0.25, 0.3) is 5.91 Å². The minimum atomic E-state index is -0.118. The minimum absolute atomic E-state index is 0.0354. The van der Waals surface area contributed by atoms with Crippen molar-refractivity contribution in [2.45, 2.75) is 27.3 Å². The third kappa shape index (κ3) is 6.28. The number of halogens is 1. The Morgan fingerprint density at radius 1 is 1.14 bits per heavy atom. The fourth-order valence-electron chi connectivity index (χ4n) is 2.76. The van der Waals surface area contributed by atoms with Gasteiger partial charge in [0, 0.05) is 15.7 Å². The van der Waals surface area contributed by atoms with Crippen LogP contribution in [-0.4, -0.2) is 34.1 Å². The smallest absolute Gasteiger partial charge is 0.260 e. The molecular weight excluding hydrogens is 481 g/mol. The van der Waals surface area contributed by atoms with E-state index in [2.05, 4.69) is 46.6 Å². The van der Waals surface area contributed by atoms with Gasteiger partial charge in [0.1, 0.15) is 12.3 Å². The van der Waals surface area contributed by atoms with Gasteiger partial charge in [0.05, 0.1) is 0 Å². The number of carbonyl (C=O) groups is 1. The first-order valence-corrected chi connectivity index (χ1v) is 10.5. The number of aromatic nitrogens is 2. The number of amides is 1. The van der Waals surface area contributed by atoms with Gasteiger partial charge in [-0.3, -0.25) is 4.79 Å². The molecule has 1 heterocycles. The Bertz CT molecular complexity index is 937. The van der Waals surface area contributed by atoms with Gasteiger partial charge in [-0.2, -0.15) is 4.98 Å². The maximum Gasteiger partial charge on any atom is 0.260 e. The molecule has 0 unspecified atom stereocenters. The van der Waals surface area contributed by atoms with Crippen LogP contribution in [0.3, 0.4) is 0 Å². The molecule has 2 aromatic carbocycles. The summed E-state index contributed by atoms with van der Waals surface area (Å²) in [6.07, 6.45) is 0. The average molecular weight is 505 g/mol. The summed E-state index contributed by atoms with van der Waals surface area (Å²) in [7, 11) is 0. The standard InChI is InChI=1S/C22H24IN3O3/c1-15(2)12-26(21(27)14-28-19-10-8-18(23)9-11-19)13-20-24-22(25-29-20)17-6-4-16(3)5-7-17/h4-11,15H,12-14H2,1-3H3. The Labute approximate surface area is 184 Å². The number of aryl methyl sites for hydroxylation is 1. The topological polar surface area (TPSA) is 68.5 Å². The summed E-state index contributed by atoms with van der Waals surface area (Å²) in [5.41, 5.74) is 2.05. The number of benzene rings is 2. The molecule has 0 aliphatic heterocycles. The summed E-state index contributed by atoms with van der Waals surface area (Å²) in [4.78, 5) is 18.9. The van der Waals surface area contributed by atoms with Gasteiger partial charge in [-0.1, -0.05) is 48.8 Å². The molecule has 0 bridgehead atoms. The third-order valence-electron chi connectivity index (χ3n) is 4.22. The zero-order valence-corrected chi connectivity index (χ0v) is 18.9. The second kappa shape index (κ2) is 9.87. The van der Waals surface area contributed by atoms with Crippen molar-refractivity contribution in [3.05, 3.63) is 63.6 Å². The van der Waals surface area contributed by atoms with Crippen LogP contribution < -0.4 is 4.74 Å². The van der Waals surface area contributed by atoms with E-state index in [4.69, 9.17) is 9.26 Å². The number of nitrogens with zero attached hydrogens (tertiary/aromatic N) is 3. The molecule has 7 heteroatoms. The lowest BCUT2D eigenvalue weighted by molar-refractivity contribution is -0.134. The van der Waals surface area contributed by atoms with Gasteiger partial charge in [0.2, 0.25) is 11.7 Å². The first-order valence-electron chi connectivity index (χ1n) is 9.46. The molecule has 0 saturated carbocycles. The summed E-state index contributed by atoms with van der Waals surface area (Å²) < 4.78 is 12.2. The molecular formula is C22H24IN3O3. The lowest BCUT2D eigenvalue weighted by Crippen LogP contribution is -2.37. The van der Waals surface area contributed by atoms with Gasteiger partial charge < -0.3 is 14.2 Å². The SMILES string of the molecule is Cc1ccc(-c2noc(CN(CC(C)C)C(=O)COc3ccc(I)cc3)n2)cc1. The summed E-state index contributed by atoms with van der Waals surface area (Å²) in [5, 5.41) is 4.05. The normalized spacial score (nSPS) is 10.9. The highest BCUT2D eigenvalue weighted by atomic mass is 127. The number of carbonyl (C=O) groups excluding carboxylic acids is 1. The van der Waals surface area contributed by atoms with Crippen LogP contribution in [0.2, 0.25) is 0 Å². The Morgan fingerprint density at radius 2 is 1.83 bits per heavy atom. The van der Waals surface area contributed by atoms with Crippen LogP contribution in [0.15, 0.2) is 53.1 Å². The maximum atomic E-state index is 12.7. The van der Waals surface area contributed by atoms with Gasteiger partial charge in [0.15, 0.2) is 6.61 Å². The van der Waals surface area contributed by atoms with E-state index in [1.807, 2.05) is 55.5 Å².